The van der Waals surface area contributed by atoms with Gasteiger partial charge in [0.1, 0.15) is 12.1 Å². The Balaban J connectivity index is 1.98. The molecule has 0 saturated carbocycles. The van der Waals surface area contributed by atoms with Crippen molar-refractivity contribution in [3.05, 3.63) is 42.6 Å². The first-order chi connectivity index (χ1) is 9.24. The summed E-state index contributed by atoms with van der Waals surface area (Å²) in [5.74, 6) is 0.841. The fourth-order valence-electron chi connectivity index (χ4n) is 2.12. The molecule has 0 bridgehead atoms. The van der Waals surface area contributed by atoms with E-state index in [0.717, 1.165) is 17.1 Å². The minimum absolute atomic E-state index is 0.0415. The average Bonchev–Trinajstić information content (AvgIpc) is 2.93. The van der Waals surface area contributed by atoms with Gasteiger partial charge in [-0.2, -0.15) is 5.10 Å². The Bertz CT molecular complexity index is 632. The van der Waals surface area contributed by atoms with Gasteiger partial charge >= 0.3 is 0 Å². The maximum atomic E-state index is 11.3. The van der Waals surface area contributed by atoms with Crippen molar-refractivity contribution in [2.24, 2.45) is 11.0 Å². The van der Waals surface area contributed by atoms with Crippen molar-refractivity contribution < 1.29 is 4.79 Å². The molecule has 0 radical (unpaired) electrons. The Kier molecular flexibility index (Phi) is 2.83. The third-order valence-corrected chi connectivity index (χ3v) is 3.07. The average molecular weight is 255 g/mol. The molecule has 6 nitrogen and oxygen atoms in total. The summed E-state index contributed by atoms with van der Waals surface area (Å²) >= 11 is 0. The molecule has 1 atom stereocenters. The lowest BCUT2D eigenvalue weighted by Crippen LogP contribution is -2.32. The zero-order valence-electron chi connectivity index (χ0n) is 10.4. The second kappa shape index (κ2) is 4.64. The van der Waals surface area contributed by atoms with E-state index in [0.29, 0.717) is 6.42 Å². The van der Waals surface area contributed by atoms with Crippen LogP contribution in [0.2, 0.25) is 0 Å². The molecule has 96 valence electrons. The van der Waals surface area contributed by atoms with E-state index >= 15 is 0 Å². The molecule has 1 aliphatic heterocycles. The summed E-state index contributed by atoms with van der Waals surface area (Å²) in [7, 11) is 0. The van der Waals surface area contributed by atoms with Gasteiger partial charge in [-0.05, 0) is 12.1 Å². The van der Waals surface area contributed by atoms with Crippen LogP contribution in [0.3, 0.4) is 0 Å². The second-order valence-corrected chi connectivity index (χ2v) is 4.51. The molecule has 19 heavy (non-hydrogen) atoms. The van der Waals surface area contributed by atoms with Crippen molar-refractivity contribution in [3.63, 3.8) is 0 Å². The first-order valence-electron chi connectivity index (χ1n) is 6.05. The summed E-state index contributed by atoms with van der Waals surface area (Å²) in [5, 5.41) is 4.15. The topological polar surface area (TPSA) is 72.2 Å². The van der Waals surface area contributed by atoms with Crippen molar-refractivity contribution in [1.29, 1.82) is 0 Å². The van der Waals surface area contributed by atoms with Gasteiger partial charge in [0, 0.05) is 36.5 Å². The van der Waals surface area contributed by atoms with Gasteiger partial charge in [0.2, 0.25) is 5.91 Å². The quantitative estimate of drug-likeness (QED) is 0.874. The number of hydrogen-bond acceptors (Lipinski definition) is 4. The van der Waals surface area contributed by atoms with Crippen molar-refractivity contribution in [2.75, 3.05) is 0 Å². The van der Waals surface area contributed by atoms with Crippen molar-refractivity contribution in [1.82, 2.24) is 20.0 Å². The predicted molar refractivity (Wildman–Crippen MR) is 69.8 cm³/mol. The molecule has 1 unspecified atom stereocenters. The summed E-state index contributed by atoms with van der Waals surface area (Å²) in [6, 6.07) is 3.84. The molecule has 1 N–H and O–H groups in total. The maximum absolute atomic E-state index is 11.3. The fourth-order valence-corrected chi connectivity index (χ4v) is 2.12. The standard InChI is InChI=1S/C13H13N5O/c1-9-6-12(19)16-17-13(9)10-2-3-15-11(7-10)18-5-4-14-8-18/h2-5,7-9H,6H2,1H3,(H,16,19). The summed E-state index contributed by atoms with van der Waals surface area (Å²) in [5.41, 5.74) is 4.37. The highest BCUT2D eigenvalue weighted by molar-refractivity contribution is 6.05. The number of hydrazone groups is 1. The third kappa shape index (κ3) is 2.24. The van der Waals surface area contributed by atoms with Crippen LogP contribution in [0.15, 0.2) is 42.2 Å². The molecule has 0 fully saturated rings. The van der Waals surface area contributed by atoms with Crippen molar-refractivity contribution in [3.8, 4) is 5.82 Å². The number of carbonyl (C=O) groups excluding carboxylic acids is 1. The van der Waals surface area contributed by atoms with Crippen LogP contribution in [0.5, 0.6) is 0 Å². The minimum Gasteiger partial charge on any atom is -0.291 e. The van der Waals surface area contributed by atoms with E-state index in [2.05, 4.69) is 20.5 Å². The van der Waals surface area contributed by atoms with Gasteiger partial charge in [-0.1, -0.05) is 6.92 Å². The number of nitrogens with zero attached hydrogens (tertiary/aromatic N) is 4. The number of aromatic nitrogens is 3. The van der Waals surface area contributed by atoms with Crippen molar-refractivity contribution in [2.45, 2.75) is 13.3 Å². The molecule has 6 heteroatoms. The number of amides is 1. The molecular formula is C13H13N5O. The molecule has 3 rings (SSSR count). The van der Waals surface area contributed by atoms with Crippen LogP contribution in [-0.4, -0.2) is 26.2 Å². The zero-order valence-corrected chi connectivity index (χ0v) is 10.4. The van der Waals surface area contributed by atoms with Gasteiger partial charge in [-0.3, -0.25) is 9.36 Å². The highest BCUT2D eigenvalue weighted by Gasteiger charge is 2.21. The molecule has 0 aromatic carbocycles. The Morgan fingerprint density at radius 2 is 2.32 bits per heavy atom. The second-order valence-electron chi connectivity index (χ2n) is 4.51. The first kappa shape index (κ1) is 11.6. The number of rotatable bonds is 2. The molecule has 0 spiro atoms. The number of imidazole rings is 1. The molecule has 0 saturated heterocycles. The van der Waals surface area contributed by atoms with E-state index in [4.69, 9.17) is 0 Å². The van der Waals surface area contributed by atoms with Crippen molar-refractivity contribution >= 4 is 11.6 Å². The summed E-state index contributed by atoms with van der Waals surface area (Å²) < 4.78 is 1.83. The van der Waals surface area contributed by atoms with E-state index in [1.54, 1.807) is 18.7 Å². The normalized spacial score (nSPS) is 18.9. The largest absolute Gasteiger partial charge is 0.291 e. The Morgan fingerprint density at radius 1 is 1.42 bits per heavy atom. The van der Waals surface area contributed by atoms with E-state index in [1.165, 1.54) is 0 Å². The fraction of sp³-hybridized carbons (Fsp3) is 0.231. The van der Waals surface area contributed by atoms with E-state index in [1.807, 2.05) is 29.8 Å². The van der Waals surface area contributed by atoms with Gasteiger partial charge in [-0.15, -0.1) is 0 Å². The number of carbonyl (C=O) groups is 1. The summed E-state index contributed by atoms with van der Waals surface area (Å²) in [4.78, 5) is 19.6. The monoisotopic (exact) mass is 255 g/mol. The van der Waals surface area contributed by atoms with Gasteiger partial charge in [0.25, 0.3) is 0 Å². The molecule has 3 heterocycles. The Hall–Kier alpha value is -2.50. The lowest BCUT2D eigenvalue weighted by Gasteiger charge is -2.19. The lowest BCUT2D eigenvalue weighted by atomic mass is 9.95. The van der Waals surface area contributed by atoms with E-state index in [9.17, 15) is 4.79 Å². The van der Waals surface area contributed by atoms with Crippen LogP contribution in [0, 0.1) is 5.92 Å². The van der Waals surface area contributed by atoms with Crippen LogP contribution in [0.4, 0.5) is 0 Å². The Labute approximate surface area is 110 Å². The smallest absolute Gasteiger partial charge is 0.240 e. The summed E-state index contributed by atoms with van der Waals surface area (Å²) in [6.07, 6.45) is 7.42. The minimum atomic E-state index is -0.0415. The number of pyridine rings is 1. The predicted octanol–water partition coefficient (Wildman–Crippen LogP) is 1.13. The highest BCUT2D eigenvalue weighted by atomic mass is 16.2. The molecule has 1 amide bonds. The van der Waals surface area contributed by atoms with E-state index < -0.39 is 0 Å². The van der Waals surface area contributed by atoms with Gasteiger partial charge in [-0.25, -0.2) is 15.4 Å². The molecule has 2 aromatic rings. The lowest BCUT2D eigenvalue weighted by molar-refractivity contribution is -0.121. The molecular weight excluding hydrogens is 242 g/mol. The third-order valence-electron chi connectivity index (χ3n) is 3.07. The van der Waals surface area contributed by atoms with Crippen LogP contribution in [-0.2, 0) is 4.79 Å². The van der Waals surface area contributed by atoms with Crippen LogP contribution >= 0.6 is 0 Å². The van der Waals surface area contributed by atoms with Crippen LogP contribution in [0.25, 0.3) is 5.82 Å². The first-order valence-corrected chi connectivity index (χ1v) is 6.05. The molecule has 1 aliphatic rings. The highest BCUT2D eigenvalue weighted by Crippen LogP contribution is 2.17. The zero-order chi connectivity index (χ0) is 13.2. The van der Waals surface area contributed by atoms with E-state index in [-0.39, 0.29) is 11.8 Å². The molecule has 0 aliphatic carbocycles. The van der Waals surface area contributed by atoms with Crippen LogP contribution in [0.1, 0.15) is 18.9 Å². The van der Waals surface area contributed by atoms with Crippen LogP contribution < -0.4 is 5.43 Å². The molecule has 2 aromatic heterocycles. The Morgan fingerprint density at radius 3 is 3.05 bits per heavy atom. The van der Waals surface area contributed by atoms with Gasteiger partial charge < -0.3 is 0 Å². The van der Waals surface area contributed by atoms with Gasteiger partial charge in [0.15, 0.2) is 0 Å². The van der Waals surface area contributed by atoms with Gasteiger partial charge in [0.05, 0.1) is 5.71 Å². The summed E-state index contributed by atoms with van der Waals surface area (Å²) in [6.45, 7) is 1.99. The number of nitrogens with one attached hydrogen (secondary N) is 1. The maximum Gasteiger partial charge on any atom is 0.240 e. The number of hydrogen-bond donors (Lipinski definition) is 1. The SMILES string of the molecule is CC1CC(=O)NN=C1c1ccnc(-n2ccnc2)c1.